The number of fused-ring (bicyclic) bond motifs is 1. The molecule has 1 aliphatic rings. The van der Waals surface area contributed by atoms with Crippen LogP contribution in [0, 0.1) is 0 Å². The normalized spacial score (nSPS) is 18.4. The van der Waals surface area contributed by atoms with Crippen LogP contribution in [0.1, 0.15) is 52.7 Å². The Kier molecular flexibility index (Phi) is 2.84. The first kappa shape index (κ1) is 13.2. The summed E-state index contributed by atoms with van der Waals surface area (Å²) in [4.78, 5) is 2.36. The summed E-state index contributed by atoms with van der Waals surface area (Å²) in [6.45, 7) is 13.5. The molecule has 0 saturated carbocycles. The van der Waals surface area contributed by atoms with Gasteiger partial charge in [-0.2, -0.15) is 0 Å². The summed E-state index contributed by atoms with van der Waals surface area (Å²) < 4.78 is 0. The average molecular weight is 243 g/mol. The molecular formula is C17H25N. The maximum Gasteiger partial charge on any atom is 0.0531 e. The summed E-state index contributed by atoms with van der Waals surface area (Å²) in [7, 11) is 2.18. The van der Waals surface area contributed by atoms with Gasteiger partial charge in [-0.05, 0) is 49.5 Å². The molecule has 1 heterocycles. The van der Waals surface area contributed by atoms with E-state index in [-0.39, 0.29) is 11.0 Å². The third-order valence-electron chi connectivity index (χ3n) is 4.08. The van der Waals surface area contributed by atoms with Crippen LogP contribution in [0.5, 0.6) is 0 Å². The molecule has 1 aromatic rings. The van der Waals surface area contributed by atoms with Gasteiger partial charge in [-0.1, -0.05) is 32.9 Å². The molecule has 18 heavy (non-hydrogen) atoms. The van der Waals surface area contributed by atoms with Gasteiger partial charge in [0.2, 0.25) is 0 Å². The summed E-state index contributed by atoms with van der Waals surface area (Å²) >= 11 is 0. The standard InChI is InChI=1S/C17H25N/c1-12-11-17(5,6)18(7)15-9-8-13(10-14(12)15)16(2,3)4/h8-11H,1-7H3. The molecule has 0 saturated heterocycles. The molecule has 1 aliphatic heterocycles. The second kappa shape index (κ2) is 3.88. The summed E-state index contributed by atoms with van der Waals surface area (Å²) in [5, 5.41) is 0. The highest BCUT2D eigenvalue weighted by Crippen LogP contribution is 2.39. The van der Waals surface area contributed by atoms with Crippen LogP contribution in [0.2, 0.25) is 0 Å². The van der Waals surface area contributed by atoms with Crippen molar-refractivity contribution in [2.45, 2.75) is 52.5 Å². The fourth-order valence-corrected chi connectivity index (χ4v) is 2.63. The van der Waals surface area contributed by atoms with Crippen molar-refractivity contribution in [1.29, 1.82) is 0 Å². The van der Waals surface area contributed by atoms with Crippen LogP contribution in [-0.2, 0) is 5.41 Å². The Balaban J connectivity index is 2.60. The predicted molar refractivity (Wildman–Crippen MR) is 81.3 cm³/mol. The van der Waals surface area contributed by atoms with Gasteiger partial charge in [0, 0.05) is 18.3 Å². The molecule has 0 amide bonds. The lowest BCUT2D eigenvalue weighted by atomic mass is 9.82. The second-order valence-electron chi connectivity index (χ2n) is 7.02. The first-order chi connectivity index (χ1) is 8.13. The van der Waals surface area contributed by atoms with E-state index in [9.17, 15) is 0 Å². The van der Waals surface area contributed by atoms with E-state index < -0.39 is 0 Å². The van der Waals surface area contributed by atoms with Crippen LogP contribution in [-0.4, -0.2) is 12.6 Å². The van der Waals surface area contributed by atoms with Crippen molar-refractivity contribution in [3.05, 3.63) is 35.4 Å². The van der Waals surface area contributed by atoms with Crippen LogP contribution in [0.15, 0.2) is 24.3 Å². The van der Waals surface area contributed by atoms with Crippen molar-refractivity contribution in [2.24, 2.45) is 0 Å². The molecule has 0 N–H and O–H groups in total. The molecule has 98 valence electrons. The second-order valence-corrected chi connectivity index (χ2v) is 7.02. The Morgan fingerprint density at radius 2 is 1.72 bits per heavy atom. The van der Waals surface area contributed by atoms with E-state index in [0.29, 0.717) is 0 Å². The predicted octanol–water partition coefficient (Wildman–Crippen LogP) is 4.62. The number of likely N-dealkylation sites (N-methyl/N-ethyl adjacent to an activating group) is 1. The summed E-state index contributed by atoms with van der Waals surface area (Å²) in [6.07, 6.45) is 2.36. The quantitative estimate of drug-likeness (QED) is 0.643. The minimum Gasteiger partial charge on any atom is -0.366 e. The Labute approximate surface area is 112 Å². The van der Waals surface area contributed by atoms with Gasteiger partial charge in [-0.25, -0.2) is 0 Å². The Bertz CT molecular complexity index is 501. The van der Waals surface area contributed by atoms with Crippen LogP contribution in [0.25, 0.3) is 5.57 Å². The fraction of sp³-hybridized carbons (Fsp3) is 0.529. The van der Waals surface area contributed by atoms with Crippen LogP contribution < -0.4 is 4.90 Å². The van der Waals surface area contributed by atoms with Crippen molar-refractivity contribution in [1.82, 2.24) is 0 Å². The van der Waals surface area contributed by atoms with Crippen LogP contribution in [0.3, 0.4) is 0 Å². The molecule has 0 aromatic heterocycles. The zero-order valence-electron chi connectivity index (χ0n) is 12.8. The maximum absolute atomic E-state index is 2.36. The van der Waals surface area contributed by atoms with E-state index in [0.717, 1.165) is 0 Å². The molecule has 0 atom stereocenters. The molecule has 0 fully saturated rings. The maximum atomic E-state index is 2.36. The number of anilines is 1. The molecule has 1 aromatic carbocycles. The minimum absolute atomic E-state index is 0.0976. The van der Waals surface area contributed by atoms with Crippen molar-refractivity contribution in [3.63, 3.8) is 0 Å². The SMILES string of the molecule is CC1=CC(C)(C)N(C)c2ccc(C(C)(C)C)cc21. The van der Waals surface area contributed by atoms with Gasteiger partial charge in [0.25, 0.3) is 0 Å². The lowest BCUT2D eigenvalue weighted by Gasteiger charge is -2.41. The number of rotatable bonds is 0. The highest BCUT2D eigenvalue weighted by atomic mass is 15.2. The third-order valence-corrected chi connectivity index (χ3v) is 4.08. The Morgan fingerprint density at radius 3 is 2.28 bits per heavy atom. The summed E-state index contributed by atoms with van der Waals surface area (Å²) in [5.41, 5.74) is 5.82. The number of hydrogen-bond donors (Lipinski definition) is 0. The first-order valence-electron chi connectivity index (χ1n) is 6.71. The monoisotopic (exact) mass is 243 g/mol. The average Bonchev–Trinajstić information content (AvgIpc) is 2.24. The minimum atomic E-state index is 0.0976. The van der Waals surface area contributed by atoms with E-state index in [1.807, 2.05) is 0 Å². The zero-order chi connectivity index (χ0) is 13.7. The molecular weight excluding hydrogens is 218 g/mol. The molecule has 1 heteroatoms. The fourth-order valence-electron chi connectivity index (χ4n) is 2.63. The lowest BCUT2D eigenvalue weighted by molar-refractivity contribution is 0.584. The van der Waals surface area contributed by atoms with Gasteiger partial charge >= 0.3 is 0 Å². The Hall–Kier alpha value is -1.24. The molecule has 2 rings (SSSR count). The lowest BCUT2D eigenvalue weighted by Crippen LogP contribution is -2.42. The van der Waals surface area contributed by atoms with E-state index in [1.165, 1.54) is 22.4 Å². The molecule has 0 spiro atoms. The van der Waals surface area contributed by atoms with Gasteiger partial charge < -0.3 is 4.90 Å². The van der Waals surface area contributed by atoms with Gasteiger partial charge in [0.1, 0.15) is 0 Å². The van der Waals surface area contributed by atoms with Gasteiger partial charge in [0.15, 0.2) is 0 Å². The topological polar surface area (TPSA) is 3.24 Å². The van der Waals surface area contributed by atoms with E-state index in [4.69, 9.17) is 0 Å². The highest BCUT2D eigenvalue weighted by molar-refractivity contribution is 5.81. The van der Waals surface area contributed by atoms with Crippen molar-refractivity contribution in [3.8, 4) is 0 Å². The van der Waals surface area contributed by atoms with E-state index >= 15 is 0 Å². The van der Waals surface area contributed by atoms with E-state index in [2.05, 4.69) is 77.8 Å². The molecule has 0 radical (unpaired) electrons. The Morgan fingerprint density at radius 1 is 1.11 bits per heavy atom. The molecule has 0 unspecified atom stereocenters. The third kappa shape index (κ3) is 2.07. The number of benzene rings is 1. The molecule has 0 bridgehead atoms. The molecule has 0 aliphatic carbocycles. The zero-order valence-corrected chi connectivity index (χ0v) is 12.8. The van der Waals surface area contributed by atoms with Crippen molar-refractivity contribution in [2.75, 3.05) is 11.9 Å². The smallest absolute Gasteiger partial charge is 0.0531 e. The number of hydrogen-bond acceptors (Lipinski definition) is 1. The number of allylic oxidation sites excluding steroid dienone is 1. The van der Waals surface area contributed by atoms with Gasteiger partial charge in [-0.3, -0.25) is 0 Å². The van der Waals surface area contributed by atoms with Crippen molar-refractivity contribution >= 4 is 11.3 Å². The largest absolute Gasteiger partial charge is 0.366 e. The number of nitrogens with zero attached hydrogens (tertiary/aromatic N) is 1. The summed E-state index contributed by atoms with van der Waals surface area (Å²) in [6, 6.07) is 6.89. The summed E-state index contributed by atoms with van der Waals surface area (Å²) in [5.74, 6) is 0. The van der Waals surface area contributed by atoms with Crippen molar-refractivity contribution < 1.29 is 0 Å². The molecule has 1 nitrogen and oxygen atoms in total. The highest BCUT2D eigenvalue weighted by Gasteiger charge is 2.29. The van der Waals surface area contributed by atoms with Gasteiger partial charge in [0.05, 0.1) is 5.54 Å². The first-order valence-corrected chi connectivity index (χ1v) is 6.71. The van der Waals surface area contributed by atoms with Gasteiger partial charge in [-0.15, -0.1) is 0 Å². The van der Waals surface area contributed by atoms with Crippen LogP contribution >= 0.6 is 0 Å². The van der Waals surface area contributed by atoms with Crippen LogP contribution in [0.4, 0.5) is 5.69 Å². The van der Waals surface area contributed by atoms with E-state index in [1.54, 1.807) is 0 Å².